The number of esters is 1. The van der Waals surface area contributed by atoms with Crippen LogP contribution in [0.4, 0.5) is 13.6 Å². The van der Waals surface area contributed by atoms with Crippen molar-refractivity contribution in [1.82, 2.24) is 5.32 Å². The number of alkyl carbamates (subject to hydrolysis) is 1. The zero-order valence-corrected chi connectivity index (χ0v) is 13.1. The van der Waals surface area contributed by atoms with Gasteiger partial charge in [-0.3, -0.25) is 10.1 Å². The van der Waals surface area contributed by atoms with Crippen LogP contribution in [-0.4, -0.2) is 45.4 Å². The van der Waals surface area contributed by atoms with Gasteiger partial charge in [-0.15, -0.1) is 0 Å². The Morgan fingerprint density at radius 2 is 1.71 bits per heavy atom. The van der Waals surface area contributed by atoms with E-state index in [2.05, 4.69) is 9.47 Å². The zero-order valence-electron chi connectivity index (χ0n) is 12.3. The average Bonchev–Trinajstić information content (AvgIpc) is 2.52. The number of nitrogens with one attached hydrogen (secondary N) is 1. The number of amides is 2. The molecule has 0 saturated carbocycles. The molecule has 11 heteroatoms. The molecule has 0 aliphatic carbocycles. The molecule has 0 heterocycles. The van der Waals surface area contributed by atoms with Gasteiger partial charge >= 0.3 is 17.8 Å². The fraction of sp³-hybridized carbons (Fsp3) is 0.308. The standard InChI is InChI=1S/C13H13F2NO7S/c1-2-22-13(19)16-10(17)7-23-11(18)8-3-5-9(6-4-8)24(20,21)12(14)15/h3-6,12H,2,7H2,1H3,(H,16,17,19). The predicted molar refractivity (Wildman–Crippen MR) is 75.1 cm³/mol. The highest BCUT2D eigenvalue weighted by Crippen LogP contribution is 2.18. The van der Waals surface area contributed by atoms with Gasteiger partial charge in [-0.05, 0) is 31.2 Å². The van der Waals surface area contributed by atoms with Gasteiger partial charge in [-0.25, -0.2) is 18.0 Å². The highest BCUT2D eigenvalue weighted by molar-refractivity contribution is 7.91. The van der Waals surface area contributed by atoms with Crippen LogP contribution in [0.1, 0.15) is 17.3 Å². The summed E-state index contributed by atoms with van der Waals surface area (Å²) in [6.45, 7) is 0.795. The summed E-state index contributed by atoms with van der Waals surface area (Å²) in [7, 11) is -4.77. The van der Waals surface area contributed by atoms with Gasteiger partial charge in [0, 0.05) is 0 Å². The van der Waals surface area contributed by atoms with Gasteiger partial charge in [-0.2, -0.15) is 8.78 Å². The molecular formula is C13H13F2NO7S. The van der Waals surface area contributed by atoms with Crippen LogP contribution in [0.25, 0.3) is 0 Å². The molecule has 0 aromatic heterocycles. The molecule has 0 aliphatic heterocycles. The summed E-state index contributed by atoms with van der Waals surface area (Å²) in [6.07, 6.45) is -1.000. The highest BCUT2D eigenvalue weighted by atomic mass is 32.2. The molecule has 0 spiro atoms. The first-order valence-electron chi connectivity index (χ1n) is 6.44. The number of alkyl halides is 2. The second-order valence-electron chi connectivity index (χ2n) is 4.17. The van der Waals surface area contributed by atoms with Crippen molar-refractivity contribution in [3.05, 3.63) is 29.8 Å². The minimum Gasteiger partial charge on any atom is -0.452 e. The Morgan fingerprint density at radius 1 is 1.12 bits per heavy atom. The van der Waals surface area contributed by atoms with Crippen molar-refractivity contribution in [2.24, 2.45) is 0 Å². The largest absolute Gasteiger partial charge is 0.452 e. The second kappa shape index (κ2) is 8.34. The first-order chi connectivity index (χ1) is 11.2. The van der Waals surface area contributed by atoms with Crippen LogP contribution in [-0.2, 0) is 24.1 Å². The number of benzene rings is 1. The minimum atomic E-state index is -4.77. The normalized spacial score (nSPS) is 11.0. The van der Waals surface area contributed by atoms with E-state index in [-0.39, 0.29) is 12.2 Å². The molecule has 24 heavy (non-hydrogen) atoms. The zero-order chi connectivity index (χ0) is 18.3. The molecule has 2 amide bonds. The Hall–Kier alpha value is -2.56. The van der Waals surface area contributed by atoms with Crippen LogP contribution in [0.15, 0.2) is 29.2 Å². The topological polar surface area (TPSA) is 116 Å². The number of ether oxygens (including phenoxy) is 2. The van der Waals surface area contributed by atoms with Crippen LogP contribution < -0.4 is 5.32 Å². The van der Waals surface area contributed by atoms with Crippen LogP contribution in [0.3, 0.4) is 0 Å². The monoisotopic (exact) mass is 365 g/mol. The molecule has 1 N–H and O–H groups in total. The summed E-state index contributed by atoms with van der Waals surface area (Å²) in [6, 6.07) is 3.55. The van der Waals surface area contributed by atoms with E-state index in [1.54, 1.807) is 5.32 Å². The van der Waals surface area contributed by atoms with Crippen LogP contribution in [0.5, 0.6) is 0 Å². The van der Waals surface area contributed by atoms with Gasteiger partial charge in [0.2, 0.25) is 9.84 Å². The number of carbonyl (C=O) groups is 3. The number of imide groups is 1. The van der Waals surface area contributed by atoms with E-state index in [1.165, 1.54) is 6.92 Å². The number of rotatable bonds is 6. The Labute approximate surface area is 135 Å². The lowest BCUT2D eigenvalue weighted by Gasteiger charge is -2.07. The lowest BCUT2D eigenvalue weighted by Crippen LogP contribution is -2.34. The molecule has 0 saturated heterocycles. The summed E-state index contributed by atoms with van der Waals surface area (Å²) < 4.78 is 56.2. The lowest BCUT2D eigenvalue weighted by molar-refractivity contribution is -0.123. The molecule has 0 unspecified atom stereocenters. The summed E-state index contributed by atoms with van der Waals surface area (Å²) in [5.74, 6) is -5.52. The fourth-order valence-electron chi connectivity index (χ4n) is 1.42. The second-order valence-corrected chi connectivity index (χ2v) is 6.09. The van der Waals surface area contributed by atoms with Crippen LogP contribution in [0, 0.1) is 0 Å². The highest BCUT2D eigenvalue weighted by Gasteiger charge is 2.26. The Bertz CT molecular complexity index is 716. The third-order valence-corrected chi connectivity index (χ3v) is 3.90. The number of halogens is 2. The SMILES string of the molecule is CCOC(=O)NC(=O)COC(=O)c1ccc(S(=O)(=O)C(F)F)cc1. The molecule has 8 nitrogen and oxygen atoms in total. The summed E-state index contributed by atoms with van der Waals surface area (Å²) in [5.41, 5.74) is -0.160. The molecule has 0 aliphatic rings. The van der Waals surface area contributed by atoms with E-state index in [0.717, 1.165) is 24.3 Å². The van der Waals surface area contributed by atoms with Gasteiger partial charge in [0.05, 0.1) is 17.1 Å². The summed E-state index contributed by atoms with van der Waals surface area (Å²) in [5, 5.41) is 1.79. The van der Waals surface area contributed by atoms with E-state index in [1.807, 2.05) is 0 Å². The van der Waals surface area contributed by atoms with Gasteiger partial charge in [0.25, 0.3) is 5.91 Å². The van der Waals surface area contributed by atoms with Crippen molar-refractivity contribution in [2.45, 2.75) is 17.6 Å². The van der Waals surface area contributed by atoms with Crippen molar-refractivity contribution >= 4 is 27.8 Å². The maximum absolute atomic E-state index is 12.4. The van der Waals surface area contributed by atoms with Gasteiger partial charge < -0.3 is 9.47 Å². The van der Waals surface area contributed by atoms with E-state index in [9.17, 15) is 31.6 Å². The van der Waals surface area contributed by atoms with Crippen molar-refractivity contribution in [3.63, 3.8) is 0 Å². The van der Waals surface area contributed by atoms with Crippen molar-refractivity contribution in [1.29, 1.82) is 0 Å². The van der Waals surface area contributed by atoms with Crippen LogP contribution >= 0.6 is 0 Å². The van der Waals surface area contributed by atoms with E-state index in [4.69, 9.17) is 0 Å². The molecular weight excluding hydrogens is 352 g/mol. The third-order valence-electron chi connectivity index (χ3n) is 2.50. The third kappa shape index (κ3) is 5.26. The first kappa shape index (κ1) is 19.5. The Morgan fingerprint density at radius 3 is 2.21 bits per heavy atom. The molecule has 132 valence electrons. The summed E-state index contributed by atoms with van der Waals surface area (Å²) >= 11 is 0. The minimum absolute atomic E-state index is 0.0484. The maximum Gasteiger partial charge on any atom is 0.413 e. The van der Waals surface area contributed by atoms with Gasteiger partial charge in [0.1, 0.15) is 0 Å². The Kier molecular flexibility index (Phi) is 6.77. The molecule has 1 aromatic carbocycles. The molecule has 0 radical (unpaired) electrons. The quantitative estimate of drug-likeness (QED) is 0.751. The number of carbonyl (C=O) groups excluding carboxylic acids is 3. The summed E-state index contributed by atoms with van der Waals surface area (Å²) in [4.78, 5) is 33.2. The van der Waals surface area contributed by atoms with Gasteiger partial charge in [0.15, 0.2) is 6.61 Å². The molecule has 1 aromatic rings. The number of hydrogen-bond donors (Lipinski definition) is 1. The van der Waals surface area contributed by atoms with Crippen LogP contribution in [0.2, 0.25) is 0 Å². The average molecular weight is 365 g/mol. The fourth-order valence-corrected chi connectivity index (χ4v) is 2.14. The molecule has 0 atom stereocenters. The van der Waals surface area contributed by atoms with E-state index < -0.39 is 45.1 Å². The molecule has 0 bridgehead atoms. The van der Waals surface area contributed by atoms with Crippen molar-refractivity contribution < 1.29 is 41.1 Å². The Balaban J connectivity index is 2.64. The maximum atomic E-state index is 12.4. The molecule has 1 rings (SSSR count). The van der Waals surface area contributed by atoms with Gasteiger partial charge in [-0.1, -0.05) is 0 Å². The van der Waals surface area contributed by atoms with E-state index >= 15 is 0 Å². The smallest absolute Gasteiger partial charge is 0.413 e. The van der Waals surface area contributed by atoms with E-state index in [0.29, 0.717) is 0 Å². The molecule has 0 fully saturated rings. The number of sulfone groups is 1. The predicted octanol–water partition coefficient (Wildman–Crippen LogP) is 1.11. The first-order valence-corrected chi connectivity index (χ1v) is 7.99. The number of hydrogen-bond acceptors (Lipinski definition) is 7. The lowest BCUT2D eigenvalue weighted by atomic mass is 10.2. The van der Waals surface area contributed by atoms with Crippen molar-refractivity contribution in [2.75, 3.05) is 13.2 Å². The van der Waals surface area contributed by atoms with Crippen molar-refractivity contribution in [3.8, 4) is 0 Å².